The first-order valence-corrected chi connectivity index (χ1v) is 5.84. The number of aldehydes is 1. The predicted octanol–water partition coefficient (Wildman–Crippen LogP) is 0.866. The summed E-state index contributed by atoms with van der Waals surface area (Å²) in [4.78, 5) is 22.6. The molecule has 17 heavy (non-hydrogen) atoms. The van der Waals surface area contributed by atoms with E-state index in [1.54, 1.807) is 20.8 Å². The van der Waals surface area contributed by atoms with Crippen LogP contribution < -0.4 is 5.32 Å². The minimum Gasteiger partial charge on any atom is -0.457 e. The second-order valence-corrected chi connectivity index (χ2v) is 5.59. The number of carbonyl (C=O) groups excluding carboxylic acids is 2. The first kappa shape index (κ1) is 14.1. The summed E-state index contributed by atoms with van der Waals surface area (Å²) < 4.78 is 10.5. The molecule has 1 aliphatic rings. The quantitative estimate of drug-likeness (QED) is 0.588. The summed E-state index contributed by atoms with van der Waals surface area (Å²) in [6, 6.07) is -0.148. The van der Waals surface area contributed by atoms with Crippen molar-refractivity contribution in [2.75, 3.05) is 0 Å². The third-order valence-corrected chi connectivity index (χ3v) is 2.46. The molecule has 1 rings (SSSR count). The Balaban J connectivity index is 2.64. The van der Waals surface area contributed by atoms with Crippen LogP contribution in [0.5, 0.6) is 0 Å². The molecule has 0 aromatic carbocycles. The van der Waals surface area contributed by atoms with E-state index in [1.165, 1.54) is 0 Å². The van der Waals surface area contributed by atoms with Gasteiger partial charge in [0, 0.05) is 6.04 Å². The highest BCUT2D eigenvalue weighted by molar-refractivity contribution is 5.76. The van der Waals surface area contributed by atoms with Gasteiger partial charge in [-0.3, -0.25) is 5.32 Å². The Morgan fingerprint density at radius 1 is 1.41 bits per heavy atom. The zero-order valence-corrected chi connectivity index (χ0v) is 11.0. The van der Waals surface area contributed by atoms with Crippen LogP contribution >= 0.6 is 0 Å². The molecule has 1 fully saturated rings. The van der Waals surface area contributed by atoms with Crippen LogP contribution in [-0.4, -0.2) is 36.2 Å². The predicted molar refractivity (Wildman–Crippen MR) is 62.3 cm³/mol. The molecule has 5 heteroatoms. The molecule has 0 aromatic rings. The molecule has 0 aromatic heterocycles. The van der Waals surface area contributed by atoms with Gasteiger partial charge in [-0.2, -0.15) is 0 Å². The Hall–Kier alpha value is -0.940. The van der Waals surface area contributed by atoms with Crippen molar-refractivity contribution in [3.05, 3.63) is 0 Å². The largest absolute Gasteiger partial charge is 0.457 e. The zero-order chi connectivity index (χ0) is 13.2. The average molecular weight is 243 g/mol. The smallest absolute Gasteiger partial charge is 0.351 e. The van der Waals surface area contributed by atoms with Gasteiger partial charge in [0.25, 0.3) is 0 Å². The number of nitrogens with one attached hydrogen (secondary N) is 1. The highest BCUT2D eigenvalue weighted by atomic mass is 16.6. The molecule has 0 spiro atoms. The van der Waals surface area contributed by atoms with E-state index < -0.39 is 23.9 Å². The topological polar surface area (TPSA) is 64.6 Å². The Kier molecular flexibility index (Phi) is 4.27. The minimum atomic E-state index is -0.850. The number of carbonyl (C=O) groups is 2. The highest BCUT2D eigenvalue weighted by Gasteiger charge is 2.41. The zero-order valence-electron chi connectivity index (χ0n) is 11.0. The Labute approximate surface area is 102 Å². The highest BCUT2D eigenvalue weighted by Crippen LogP contribution is 2.20. The van der Waals surface area contributed by atoms with E-state index >= 15 is 0 Å². The lowest BCUT2D eigenvalue weighted by atomic mass is 10.0. The lowest BCUT2D eigenvalue weighted by Gasteiger charge is -2.22. The molecule has 3 unspecified atom stereocenters. The number of esters is 1. The van der Waals surface area contributed by atoms with Crippen LogP contribution in [0.3, 0.4) is 0 Å². The fourth-order valence-corrected chi connectivity index (χ4v) is 1.72. The van der Waals surface area contributed by atoms with E-state index in [4.69, 9.17) is 9.47 Å². The SMILES string of the molecule is CC(C)C1NC(C(=O)OC(C)(C)C)OC1C=O. The Bertz CT molecular complexity index is 295. The fourth-order valence-electron chi connectivity index (χ4n) is 1.72. The van der Waals surface area contributed by atoms with Crippen LogP contribution in [0, 0.1) is 5.92 Å². The maximum atomic E-state index is 11.8. The van der Waals surface area contributed by atoms with Crippen molar-refractivity contribution >= 4 is 12.3 Å². The first-order valence-electron chi connectivity index (χ1n) is 5.84. The molecule has 1 aliphatic heterocycles. The molecular formula is C12H21NO4. The summed E-state index contributed by atoms with van der Waals surface area (Å²) in [5.41, 5.74) is -0.561. The van der Waals surface area contributed by atoms with E-state index in [1.807, 2.05) is 13.8 Å². The molecule has 1 N–H and O–H groups in total. The van der Waals surface area contributed by atoms with Crippen molar-refractivity contribution in [2.24, 2.45) is 5.92 Å². The van der Waals surface area contributed by atoms with Gasteiger partial charge in [0.2, 0.25) is 6.23 Å². The van der Waals surface area contributed by atoms with Gasteiger partial charge in [-0.1, -0.05) is 13.8 Å². The molecule has 1 saturated heterocycles. The molecule has 0 radical (unpaired) electrons. The van der Waals surface area contributed by atoms with Crippen molar-refractivity contribution in [1.82, 2.24) is 5.32 Å². The standard InChI is InChI=1S/C12H21NO4/c1-7(2)9-8(6-14)16-10(13-9)11(15)17-12(3,4)5/h6-10,13H,1-5H3. The van der Waals surface area contributed by atoms with E-state index in [0.29, 0.717) is 0 Å². The number of ether oxygens (including phenoxy) is 2. The molecule has 0 aliphatic carbocycles. The van der Waals surface area contributed by atoms with Crippen LogP contribution in [0.1, 0.15) is 34.6 Å². The van der Waals surface area contributed by atoms with Gasteiger partial charge in [0.15, 0.2) is 0 Å². The molecular weight excluding hydrogens is 222 g/mol. The molecule has 1 heterocycles. The third-order valence-electron chi connectivity index (χ3n) is 2.46. The molecule has 0 saturated carbocycles. The molecule has 0 amide bonds. The van der Waals surface area contributed by atoms with Crippen molar-refractivity contribution < 1.29 is 19.1 Å². The third kappa shape index (κ3) is 3.78. The van der Waals surface area contributed by atoms with Crippen LogP contribution in [0.2, 0.25) is 0 Å². The van der Waals surface area contributed by atoms with Gasteiger partial charge < -0.3 is 14.3 Å². The van der Waals surface area contributed by atoms with Gasteiger partial charge >= 0.3 is 5.97 Å². The first-order chi connectivity index (χ1) is 7.74. The summed E-state index contributed by atoms with van der Waals surface area (Å²) >= 11 is 0. The molecule has 3 atom stereocenters. The number of rotatable bonds is 3. The second kappa shape index (κ2) is 5.14. The van der Waals surface area contributed by atoms with Gasteiger partial charge in [-0.05, 0) is 26.7 Å². The Morgan fingerprint density at radius 2 is 2.00 bits per heavy atom. The second-order valence-electron chi connectivity index (χ2n) is 5.59. The van der Waals surface area contributed by atoms with E-state index in [-0.39, 0.29) is 12.0 Å². The lowest BCUT2D eigenvalue weighted by molar-refractivity contribution is -0.168. The van der Waals surface area contributed by atoms with Gasteiger partial charge in [-0.15, -0.1) is 0 Å². The Morgan fingerprint density at radius 3 is 2.35 bits per heavy atom. The number of hydrogen-bond donors (Lipinski definition) is 1. The molecule has 5 nitrogen and oxygen atoms in total. The monoisotopic (exact) mass is 243 g/mol. The van der Waals surface area contributed by atoms with Gasteiger partial charge in [0.05, 0.1) is 0 Å². The van der Waals surface area contributed by atoms with Crippen molar-refractivity contribution in [2.45, 2.75) is 58.6 Å². The summed E-state index contributed by atoms with van der Waals surface area (Å²) in [5, 5.41) is 2.99. The van der Waals surface area contributed by atoms with E-state index in [0.717, 1.165) is 6.29 Å². The average Bonchev–Trinajstić information content (AvgIpc) is 2.58. The minimum absolute atomic E-state index is 0.148. The van der Waals surface area contributed by atoms with Gasteiger partial charge in [0.1, 0.15) is 18.0 Å². The normalized spacial score (nSPS) is 29.4. The summed E-state index contributed by atoms with van der Waals surface area (Å²) in [6.45, 7) is 9.30. The van der Waals surface area contributed by atoms with Gasteiger partial charge in [-0.25, -0.2) is 4.79 Å². The lowest BCUT2D eigenvalue weighted by Crippen LogP contribution is -2.42. The van der Waals surface area contributed by atoms with Crippen LogP contribution in [0.25, 0.3) is 0 Å². The van der Waals surface area contributed by atoms with E-state index in [9.17, 15) is 9.59 Å². The van der Waals surface area contributed by atoms with Crippen molar-refractivity contribution in [1.29, 1.82) is 0 Å². The van der Waals surface area contributed by atoms with Crippen molar-refractivity contribution in [3.63, 3.8) is 0 Å². The van der Waals surface area contributed by atoms with E-state index in [2.05, 4.69) is 5.32 Å². The number of hydrogen-bond acceptors (Lipinski definition) is 5. The maximum Gasteiger partial charge on any atom is 0.351 e. The fraction of sp³-hybridized carbons (Fsp3) is 0.833. The summed E-state index contributed by atoms with van der Waals surface area (Å²) in [6.07, 6.45) is -0.716. The maximum absolute atomic E-state index is 11.8. The molecule has 0 bridgehead atoms. The van der Waals surface area contributed by atoms with Crippen LogP contribution in [-0.2, 0) is 19.1 Å². The van der Waals surface area contributed by atoms with Crippen LogP contribution in [0.15, 0.2) is 0 Å². The summed E-state index contributed by atoms with van der Waals surface area (Å²) in [5.74, 6) is -0.273. The molecule has 98 valence electrons. The summed E-state index contributed by atoms with van der Waals surface area (Å²) in [7, 11) is 0. The van der Waals surface area contributed by atoms with Crippen LogP contribution in [0.4, 0.5) is 0 Å². The van der Waals surface area contributed by atoms with Crippen molar-refractivity contribution in [3.8, 4) is 0 Å².